The van der Waals surface area contributed by atoms with Crippen molar-refractivity contribution in [1.82, 2.24) is 9.88 Å². The number of hydrogen-bond donors (Lipinski definition) is 0. The Kier molecular flexibility index (Phi) is 3.08. The first-order chi connectivity index (χ1) is 7.68. The number of carbonyl (C=O) groups excluding carboxylic acids is 1. The number of cyclic esters (lactones) is 1. The van der Waals surface area contributed by atoms with Gasteiger partial charge in [0.15, 0.2) is 0 Å². The van der Waals surface area contributed by atoms with Crippen molar-refractivity contribution in [3.63, 3.8) is 0 Å². The Morgan fingerprint density at radius 3 is 3.00 bits per heavy atom. The second kappa shape index (κ2) is 4.51. The molecule has 0 spiro atoms. The number of nitrogens with zero attached hydrogens (tertiary/aromatic N) is 2. The van der Waals surface area contributed by atoms with E-state index in [0.717, 1.165) is 5.69 Å². The molecule has 1 saturated heterocycles. The molecule has 0 unspecified atom stereocenters. The zero-order valence-electron chi connectivity index (χ0n) is 9.59. The summed E-state index contributed by atoms with van der Waals surface area (Å²) in [5.41, 5.74) is 0.895. The summed E-state index contributed by atoms with van der Waals surface area (Å²) in [6, 6.07) is 5.87. The Morgan fingerprint density at radius 1 is 1.56 bits per heavy atom. The first kappa shape index (κ1) is 10.9. The molecule has 1 aliphatic heterocycles. The quantitative estimate of drug-likeness (QED) is 0.783. The number of pyridine rings is 1. The van der Waals surface area contributed by atoms with Crippen LogP contribution in [0.25, 0.3) is 0 Å². The fourth-order valence-corrected chi connectivity index (χ4v) is 1.87. The van der Waals surface area contributed by atoms with Gasteiger partial charge in [0.25, 0.3) is 0 Å². The normalized spacial score (nSPS) is 20.3. The average molecular weight is 220 g/mol. The number of carbonyl (C=O) groups is 1. The molecule has 0 N–H and O–H groups in total. The maximum absolute atomic E-state index is 11.6. The summed E-state index contributed by atoms with van der Waals surface area (Å²) in [4.78, 5) is 17.5. The summed E-state index contributed by atoms with van der Waals surface area (Å²) >= 11 is 0. The van der Waals surface area contributed by atoms with Crippen LogP contribution in [0.5, 0.6) is 0 Å². The van der Waals surface area contributed by atoms with Crippen LogP contribution in [0.2, 0.25) is 0 Å². The van der Waals surface area contributed by atoms with Gasteiger partial charge in [-0.3, -0.25) is 9.88 Å². The van der Waals surface area contributed by atoms with Gasteiger partial charge in [-0.2, -0.15) is 0 Å². The first-order valence-electron chi connectivity index (χ1n) is 5.52. The zero-order valence-corrected chi connectivity index (χ0v) is 9.59. The highest BCUT2D eigenvalue weighted by Crippen LogP contribution is 2.21. The van der Waals surface area contributed by atoms with Crippen molar-refractivity contribution in [3.05, 3.63) is 30.1 Å². The zero-order chi connectivity index (χ0) is 11.5. The number of aromatic nitrogens is 1. The molecule has 2 heterocycles. The van der Waals surface area contributed by atoms with E-state index in [4.69, 9.17) is 4.74 Å². The summed E-state index contributed by atoms with van der Waals surface area (Å²) in [6.45, 7) is 5.21. The van der Waals surface area contributed by atoms with Crippen molar-refractivity contribution in [2.24, 2.45) is 5.92 Å². The molecule has 0 aromatic carbocycles. The smallest absolute Gasteiger partial charge is 0.410 e. The predicted octanol–water partition coefficient (Wildman–Crippen LogP) is 2.06. The van der Waals surface area contributed by atoms with E-state index in [-0.39, 0.29) is 12.1 Å². The topological polar surface area (TPSA) is 42.4 Å². The maximum Gasteiger partial charge on any atom is 0.410 e. The first-order valence-corrected chi connectivity index (χ1v) is 5.52. The van der Waals surface area contributed by atoms with Crippen LogP contribution in [0.3, 0.4) is 0 Å². The van der Waals surface area contributed by atoms with Crippen LogP contribution in [-0.4, -0.2) is 28.6 Å². The third kappa shape index (κ3) is 2.15. The van der Waals surface area contributed by atoms with E-state index in [1.165, 1.54) is 0 Å². The lowest BCUT2D eigenvalue weighted by molar-refractivity contribution is 0.154. The predicted molar refractivity (Wildman–Crippen MR) is 59.8 cm³/mol. The van der Waals surface area contributed by atoms with E-state index in [9.17, 15) is 4.79 Å². The summed E-state index contributed by atoms with van der Waals surface area (Å²) in [7, 11) is 0. The lowest BCUT2D eigenvalue weighted by Crippen LogP contribution is -2.36. The van der Waals surface area contributed by atoms with Gasteiger partial charge in [-0.1, -0.05) is 19.9 Å². The SMILES string of the molecule is CC(C)[C@H]1COC(=O)N1Cc1ccccn1. The van der Waals surface area contributed by atoms with Crippen LogP contribution in [0.15, 0.2) is 24.4 Å². The van der Waals surface area contributed by atoms with Gasteiger partial charge >= 0.3 is 6.09 Å². The molecule has 1 aliphatic rings. The number of hydrogen-bond acceptors (Lipinski definition) is 3. The van der Waals surface area contributed by atoms with Crippen LogP contribution in [0, 0.1) is 5.92 Å². The summed E-state index contributed by atoms with van der Waals surface area (Å²) in [5.74, 6) is 0.398. The largest absolute Gasteiger partial charge is 0.447 e. The van der Waals surface area contributed by atoms with Crippen LogP contribution < -0.4 is 0 Å². The maximum atomic E-state index is 11.6. The van der Waals surface area contributed by atoms with E-state index in [2.05, 4.69) is 18.8 Å². The monoisotopic (exact) mass is 220 g/mol. The highest BCUT2D eigenvalue weighted by molar-refractivity contribution is 5.70. The molecule has 1 fully saturated rings. The van der Waals surface area contributed by atoms with E-state index >= 15 is 0 Å². The number of amides is 1. The van der Waals surface area contributed by atoms with Crippen molar-refractivity contribution >= 4 is 6.09 Å². The molecule has 16 heavy (non-hydrogen) atoms. The van der Waals surface area contributed by atoms with Gasteiger partial charge in [-0.15, -0.1) is 0 Å². The standard InChI is InChI=1S/C12H16N2O2/c1-9(2)11-8-16-12(15)14(11)7-10-5-3-4-6-13-10/h3-6,9,11H,7-8H2,1-2H3/t11-/m1/s1. The highest BCUT2D eigenvalue weighted by Gasteiger charge is 2.34. The molecule has 4 nitrogen and oxygen atoms in total. The summed E-state index contributed by atoms with van der Waals surface area (Å²) in [5, 5.41) is 0. The van der Waals surface area contributed by atoms with Crippen LogP contribution in [0.1, 0.15) is 19.5 Å². The average Bonchev–Trinajstić information content (AvgIpc) is 2.62. The fraction of sp³-hybridized carbons (Fsp3) is 0.500. The second-order valence-corrected chi connectivity index (χ2v) is 4.34. The molecule has 1 atom stereocenters. The van der Waals surface area contributed by atoms with Gasteiger partial charge < -0.3 is 4.74 Å². The molecule has 1 aromatic rings. The van der Waals surface area contributed by atoms with E-state index in [1.54, 1.807) is 11.1 Å². The molecule has 0 bridgehead atoms. The van der Waals surface area contributed by atoms with Crippen molar-refractivity contribution in [3.8, 4) is 0 Å². The molecule has 0 aliphatic carbocycles. The summed E-state index contributed by atoms with van der Waals surface area (Å²) in [6.07, 6.45) is 1.51. The molecule has 0 saturated carbocycles. The van der Waals surface area contributed by atoms with Gasteiger partial charge in [-0.25, -0.2) is 4.79 Å². The lowest BCUT2D eigenvalue weighted by Gasteiger charge is -2.23. The Balaban J connectivity index is 2.10. The van der Waals surface area contributed by atoms with Crippen molar-refractivity contribution in [1.29, 1.82) is 0 Å². The Bertz CT molecular complexity index is 365. The van der Waals surface area contributed by atoms with Crippen molar-refractivity contribution in [2.75, 3.05) is 6.61 Å². The van der Waals surface area contributed by atoms with Gasteiger partial charge in [0.2, 0.25) is 0 Å². The molecule has 2 rings (SSSR count). The Morgan fingerprint density at radius 2 is 2.38 bits per heavy atom. The Labute approximate surface area is 95.2 Å². The molecule has 86 valence electrons. The van der Waals surface area contributed by atoms with Crippen LogP contribution >= 0.6 is 0 Å². The minimum Gasteiger partial charge on any atom is -0.447 e. The van der Waals surface area contributed by atoms with E-state index in [0.29, 0.717) is 19.1 Å². The van der Waals surface area contributed by atoms with Gasteiger partial charge in [-0.05, 0) is 18.1 Å². The summed E-state index contributed by atoms with van der Waals surface area (Å²) < 4.78 is 5.07. The highest BCUT2D eigenvalue weighted by atomic mass is 16.6. The van der Waals surface area contributed by atoms with E-state index < -0.39 is 0 Å². The molecule has 1 aromatic heterocycles. The molecule has 1 amide bonds. The van der Waals surface area contributed by atoms with Crippen molar-refractivity contribution < 1.29 is 9.53 Å². The number of ether oxygens (including phenoxy) is 1. The minimum atomic E-state index is -0.232. The lowest BCUT2D eigenvalue weighted by atomic mass is 10.0. The van der Waals surface area contributed by atoms with Crippen LogP contribution in [0.4, 0.5) is 4.79 Å². The number of rotatable bonds is 3. The second-order valence-electron chi connectivity index (χ2n) is 4.34. The Hall–Kier alpha value is -1.58. The van der Waals surface area contributed by atoms with E-state index in [1.807, 2.05) is 18.2 Å². The van der Waals surface area contributed by atoms with Crippen molar-refractivity contribution in [2.45, 2.75) is 26.4 Å². The van der Waals surface area contributed by atoms with Crippen LogP contribution in [-0.2, 0) is 11.3 Å². The fourth-order valence-electron chi connectivity index (χ4n) is 1.87. The minimum absolute atomic E-state index is 0.162. The molecular weight excluding hydrogens is 204 g/mol. The van der Waals surface area contributed by atoms with Gasteiger partial charge in [0.05, 0.1) is 18.3 Å². The molecule has 0 radical (unpaired) electrons. The third-order valence-electron chi connectivity index (χ3n) is 2.84. The van der Waals surface area contributed by atoms with Gasteiger partial charge in [0.1, 0.15) is 6.61 Å². The molecule has 4 heteroatoms. The third-order valence-corrected chi connectivity index (χ3v) is 2.84. The van der Waals surface area contributed by atoms with Gasteiger partial charge in [0, 0.05) is 6.20 Å². The molecular formula is C12H16N2O2.